The summed E-state index contributed by atoms with van der Waals surface area (Å²) >= 11 is 11.4. The van der Waals surface area contributed by atoms with Crippen molar-refractivity contribution in [3.05, 3.63) is 45.3 Å². The molecule has 20 heavy (non-hydrogen) atoms. The molecule has 0 amide bonds. The smallest absolute Gasteiger partial charge is 0.179 e. The van der Waals surface area contributed by atoms with Gasteiger partial charge in [0.15, 0.2) is 10.4 Å². The minimum atomic E-state index is 0.709. The highest BCUT2D eigenvalue weighted by Crippen LogP contribution is 2.20. The average molecular weight is 307 g/mol. The van der Waals surface area contributed by atoms with E-state index in [4.69, 9.17) is 23.8 Å². The van der Waals surface area contributed by atoms with Crippen LogP contribution in [0.25, 0.3) is 11.2 Å². The van der Waals surface area contributed by atoms with Gasteiger partial charge in [-0.15, -0.1) is 0 Å². The summed E-state index contributed by atoms with van der Waals surface area (Å²) in [5, 5.41) is 5.26. The quantitative estimate of drug-likeness (QED) is 0.745. The summed E-state index contributed by atoms with van der Waals surface area (Å²) in [6.07, 6.45) is 0. The van der Waals surface area contributed by atoms with Gasteiger partial charge < -0.3 is 4.98 Å². The number of rotatable bonds is 3. The van der Waals surface area contributed by atoms with Crippen LogP contribution in [0.1, 0.15) is 18.2 Å². The van der Waals surface area contributed by atoms with Gasteiger partial charge in [0, 0.05) is 11.6 Å². The van der Waals surface area contributed by atoms with E-state index >= 15 is 0 Å². The number of hydrogen-bond acceptors (Lipinski definition) is 2. The Morgan fingerprint density at radius 1 is 1.30 bits per heavy atom. The van der Waals surface area contributed by atoms with Crippen molar-refractivity contribution in [2.75, 3.05) is 0 Å². The van der Waals surface area contributed by atoms with Gasteiger partial charge in [0.05, 0.1) is 12.2 Å². The zero-order valence-corrected chi connectivity index (χ0v) is 12.9. The molecule has 0 aliphatic carbocycles. The van der Waals surface area contributed by atoms with E-state index in [9.17, 15) is 0 Å². The van der Waals surface area contributed by atoms with Crippen molar-refractivity contribution in [1.29, 1.82) is 0 Å². The molecule has 0 fully saturated rings. The molecule has 0 aliphatic rings. The molecular weight excluding hydrogens is 292 g/mol. The Labute approximate surface area is 127 Å². The Morgan fingerprint density at radius 3 is 2.65 bits per heavy atom. The number of benzene rings is 1. The van der Waals surface area contributed by atoms with Crippen LogP contribution in [-0.4, -0.2) is 19.3 Å². The average Bonchev–Trinajstić information content (AvgIpc) is 2.91. The van der Waals surface area contributed by atoms with E-state index in [1.165, 1.54) is 0 Å². The number of imidazole rings is 1. The highest BCUT2D eigenvalue weighted by molar-refractivity contribution is 7.71. The molecule has 4 nitrogen and oxygen atoms in total. The summed E-state index contributed by atoms with van der Waals surface area (Å²) in [6.45, 7) is 5.60. The van der Waals surface area contributed by atoms with Gasteiger partial charge in [-0.1, -0.05) is 23.7 Å². The number of fused-ring (bicyclic) bond motifs is 1. The Morgan fingerprint density at radius 2 is 2.00 bits per heavy atom. The van der Waals surface area contributed by atoms with Crippen LogP contribution in [0.3, 0.4) is 0 Å². The van der Waals surface area contributed by atoms with Crippen LogP contribution in [0, 0.1) is 11.7 Å². The first-order chi connectivity index (χ1) is 9.60. The topological polar surface area (TPSA) is 38.5 Å². The standard InChI is InChI=1S/C14H15ClN4S/c1-3-19-13-12(9(2)17-19)16-14(20)18(13)8-10-4-6-11(15)7-5-10/h4-7H,3,8H2,1-2H3,(H,16,20). The molecule has 6 heteroatoms. The molecule has 0 atom stereocenters. The third-order valence-corrected chi connectivity index (χ3v) is 3.96. The Hall–Kier alpha value is -1.59. The molecule has 0 saturated carbocycles. The van der Waals surface area contributed by atoms with Gasteiger partial charge in [0.25, 0.3) is 0 Å². The second-order valence-electron chi connectivity index (χ2n) is 4.74. The van der Waals surface area contributed by atoms with Crippen LogP contribution >= 0.6 is 23.8 Å². The van der Waals surface area contributed by atoms with E-state index in [1.54, 1.807) is 0 Å². The predicted octanol–water partition coefficient (Wildman–Crippen LogP) is 3.93. The number of aromatic amines is 1. The van der Waals surface area contributed by atoms with Crippen molar-refractivity contribution < 1.29 is 0 Å². The summed E-state index contributed by atoms with van der Waals surface area (Å²) < 4.78 is 4.78. The lowest BCUT2D eigenvalue weighted by atomic mass is 10.2. The monoisotopic (exact) mass is 306 g/mol. The van der Waals surface area contributed by atoms with Gasteiger partial charge in [-0.2, -0.15) is 5.10 Å². The molecule has 3 aromatic rings. The minimum absolute atomic E-state index is 0.709. The lowest BCUT2D eigenvalue weighted by Crippen LogP contribution is -2.06. The minimum Gasteiger partial charge on any atom is -0.328 e. The van der Waals surface area contributed by atoms with Gasteiger partial charge in [-0.3, -0.25) is 4.57 Å². The molecule has 104 valence electrons. The van der Waals surface area contributed by atoms with Crippen molar-refractivity contribution in [3.8, 4) is 0 Å². The zero-order chi connectivity index (χ0) is 14.3. The second-order valence-corrected chi connectivity index (χ2v) is 5.57. The third kappa shape index (κ3) is 2.17. The molecule has 1 N–H and O–H groups in total. The van der Waals surface area contributed by atoms with Gasteiger partial charge in [0.2, 0.25) is 0 Å². The van der Waals surface area contributed by atoms with Crippen molar-refractivity contribution in [1.82, 2.24) is 19.3 Å². The number of aromatic nitrogens is 4. The number of nitrogens with zero attached hydrogens (tertiary/aromatic N) is 3. The maximum absolute atomic E-state index is 5.92. The summed E-state index contributed by atoms with van der Waals surface area (Å²) in [6, 6.07) is 7.82. The van der Waals surface area contributed by atoms with E-state index in [1.807, 2.05) is 35.9 Å². The van der Waals surface area contributed by atoms with E-state index in [0.717, 1.165) is 38.8 Å². The molecule has 0 unspecified atom stereocenters. The fourth-order valence-electron chi connectivity index (χ4n) is 2.40. The Bertz CT molecular complexity index is 810. The second kappa shape index (κ2) is 5.07. The summed E-state index contributed by atoms with van der Waals surface area (Å²) in [5.74, 6) is 0. The largest absolute Gasteiger partial charge is 0.328 e. The lowest BCUT2D eigenvalue weighted by molar-refractivity contribution is 0.643. The van der Waals surface area contributed by atoms with Crippen molar-refractivity contribution in [3.63, 3.8) is 0 Å². The van der Waals surface area contributed by atoms with Crippen molar-refractivity contribution in [2.24, 2.45) is 0 Å². The highest BCUT2D eigenvalue weighted by atomic mass is 35.5. The third-order valence-electron chi connectivity index (χ3n) is 3.39. The highest BCUT2D eigenvalue weighted by Gasteiger charge is 2.13. The molecule has 0 radical (unpaired) electrons. The molecule has 0 aliphatic heterocycles. The number of nitrogens with one attached hydrogen (secondary N) is 1. The first-order valence-corrected chi connectivity index (χ1v) is 7.29. The molecular formula is C14H15ClN4S. The number of aryl methyl sites for hydroxylation is 2. The number of hydrogen-bond donors (Lipinski definition) is 1. The first-order valence-electron chi connectivity index (χ1n) is 6.50. The van der Waals surface area contributed by atoms with Crippen LogP contribution < -0.4 is 0 Å². The fraction of sp³-hybridized carbons (Fsp3) is 0.286. The summed E-state index contributed by atoms with van der Waals surface area (Å²) in [5.41, 5.74) is 4.20. The first kappa shape index (κ1) is 13.4. The molecule has 2 aromatic heterocycles. The fourth-order valence-corrected chi connectivity index (χ4v) is 2.78. The van der Waals surface area contributed by atoms with Gasteiger partial charge in [-0.25, -0.2) is 4.68 Å². The number of H-pyrrole nitrogens is 1. The van der Waals surface area contributed by atoms with E-state index < -0.39 is 0 Å². The van der Waals surface area contributed by atoms with E-state index in [0.29, 0.717) is 6.54 Å². The molecule has 0 saturated heterocycles. The van der Waals surface area contributed by atoms with Crippen LogP contribution in [0.4, 0.5) is 0 Å². The van der Waals surface area contributed by atoms with Gasteiger partial charge in [0.1, 0.15) is 5.52 Å². The summed E-state index contributed by atoms with van der Waals surface area (Å²) in [4.78, 5) is 3.25. The Balaban J connectivity index is 2.13. The maximum atomic E-state index is 5.92. The van der Waals surface area contributed by atoms with Crippen LogP contribution in [0.5, 0.6) is 0 Å². The van der Waals surface area contributed by atoms with Gasteiger partial charge >= 0.3 is 0 Å². The van der Waals surface area contributed by atoms with Crippen LogP contribution in [-0.2, 0) is 13.1 Å². The molecule has 1 aromatic carbocycles. The number of halogens is 1. The predicted molar refractivity (Wildman–Crippen MR) is 83.9 cm³/mol. The maximum Gasteiger partial charge on any atom is 0.179 e. The SMILES string of the molecule is CCn1nc(C)c2[nH]c(=S)n(Cc3ccc(Cl)cc3)c21. The van der Waals surface area contributed by atoms with Crippen LogP contribution in [0.15, 0.2) is 24.3 Å². The Kier molecular flexibility index (Phi) is 3.40. The van der Waals surface area contributed by atoms with E-state index in [-0.39, 0.29) is 0 Å². The molecule has 0 spiro atoms. The van der Waals surface area contributed by atoms with Gasteiger partial charge in [-0.05, 0) is 43.8 Å². The molecule has 3 rings (SSSR count). The van der Waals surface area contributed by atoms with Crippen molar-refractivity contribution in [2.45, 2.75) is 26.9 Å². The zero-order valence-electron chi connectivity index (χ0n) is 11.4. The van der Waals surface area contributed by atoms with E-state index in [2.05, 4.69) is 21.6 Å². The lowest BCUT2D eigenvalue weighted by Gasteiger charge is -2.06. The molecule has 2 heterocycles. The summed E-state index contributed by atoms with van der Waals surface area (Å²) in [7, 11) is 0. The normalized spacial score (nSPS) is 11.3. The molecule has 0 bridgehead atoms. The van der Waals surface area contributed by atoms with Crippen LogP contribution in [0.2, 0.25) is 5.02 Å². The van der Waals surface area contributed by atoms with Crippen molar-refractivity contribution >= 4 is 35.0 Å².